The third kappa shape index (κ3) is 3.59. The van der Waals surface area contributed by atoms with E-state index in [0.29, 0.717) is 22.6 Å². The molecule has 2 amide bonds. The summed E-state index contributed by atoms with van der Waals surface area (Å²) in [5.74, 6) is -0.474. The second-order valence-corrected chi connectivity index (χ2v) is 6.63. The fourth-order valence-electron chi connectivity index (χ4n) is 2.73. The fraction of sp³-hybridized carbons (Fsp3) is 0.400. The summed E-state index contributed by atoms with van der Waals surface area (Å²) in [6.45, 7) is 2.95. The number of thiazole rings is 1. The number of piperidine rings is 1. The Bertz CT molecular complexity index is 723. The van der Waals surface area contributed by atoms with Gasteiger partial charge in [-0.2, -0.15) is 0 Å². The Hall–Kier alpha value is -2.19. The van der Waals surface area contributed by atoms with Crippen molar-refractivity contribution < 1.29 is 9.59 Å². The number of hydrogen-bond acceptors (Lipinski definition) is 5. The fourth-order valence-corrected chi connectivity index (χ4v) is 3.45. The molecule has 0 saturated carbocycles. The SMILES string of the molecule is C[C@H]1C[C@@H](C(=O)Nc2nc(-c3c[nH]c(C(N)=O)c3)cs2)CCN1. The van der Waals surface area contributed by atoms with E-state index in [1.54, 1.807) is 12.3 Å². The predicted molar refractivity (Wildman–Crippen MR) is 89.2 cm³/mol. The van der Waals surface area contributed by atoms with Gasteiger partial charge in [0.25, 0.3) is 5.91 Å². The summed E-state index contributed by atoms with van der Waals surface area (Å²) in [5, 5.41) is 8.63. The molecule has 3 heterocycles. The smallest absolute Gasteiger partial charge is 0.265 e. The van der Waals surface area contributed by atoms with E-state index in [0.717, 1.165) is 24.9 Å². The standard InChI is InChI=1S/C15H19N5O2S/c1-8-4-9(2-3-17-8)14(22)20-15-19-12(7-23-15)10-5-11(13(16)21)18-6-10/h5-9,17-18H,2-4H2,1H3,(H2,16,21)(H,19,20,22)/t8-,9-/m0/s1. The van der Waals surface area contributed by atoms with E-state index in [-0.39, 0.29) is 11.8 Å². The van der Waals surface area contributed by atoms with Crippen molar-refractivity contribution in [3.8, 4) is 11.3 Å². The van der Waals surface area contributed by atoms with Crippen LogP contribution in [0, 0.1) is 5.92 Å². The molecule has 0 spiro atoms. The van der Waals surface area contributed by atoms with E-state index in [4.69, 9.17) is 5.73 Å². The van der Waals surface area contributed by atoms with Crippen molar-refractivity contribution in [2.75, 3.05) is 11.9 Å². The van der Waals surface area contributed by atoms with Crippen molar-refractivity contribution in [1.82, 2.24) is 15.3 Å². The van der Waals surface area contributed by atoms with Gasteiger partial charge < -0.3 is 21.4 Å². The molecule has 122 valence electrons. The highest BCUT2D eigenvalue weighted by Crippen LogP contribution is 2.26. The molecule has 0 aliphatic carbocycles. The normalized spacial score (nSPS) is 21.1. The molecule has 2 aromatic heterocycles. The van der Waals surface area contributed by atoms with Crippen molar-refractivity contribution in [2.24, 2.45) is 11.7 Å². The lowest BCUT2D eigenvalue weighted by atomic mass is 9.92. The van der Waals surface area contributed by atoms with Crippen LogP contribution in [0.15, 0.2) is 17.6 Å². The lowest BCUT2D eigenvalue weighted by molar-refractivity contribution is -0.120. The molecule has 1 fully saturated rings. The van der Waals surface area contributed by atoms with Gasteiger partial charge >= 0.3 is 0 Å². The summed E-state index contributed by atoms with van der Waals surface area (Å²) < 4.78 is 0. The Balaban J connectivity index is 1.66. The molecule has 3 rings (SSSR count). The zero-order valence-corrected chi connectivity index (χ0v) is 13.6. The summed E-state index contributed by atoms with van der Waals surface area (Å²) in [5.41, 5.74) is 7.03. The van der Waals surface area contributed by atoms with Gasteiger partial charge in [0.15, 0.2) is 5.13 Å². The molecule has 8 heteroatoms. The van der Waals surface area contributed by atoms with Crippen molar-refractivity contribution in [3.05, 3.63) is 23.3 Å². The first kappa shape index (κ1) is 15.7. The van der Waals surface area contributed by atoms with Crippen LogP contribution in [0.3, 0.4) is 0 Å². The summed E-state index contributed by atoms with van der Waals surface area (Å²) in [6, 6.07) is 2.01. The van der Waals surface area contributed by atoms with Crippen LogP contribution in [0.25, 0.3) is 11.3 Å². The maximum atomic E-state index is 12.3. The minimum absolute atomic E-state index is 0.0196. The Morgan fingerprint density at radius 3 is 3.00 bits per heavy atom. The highest BCUT2D eigenvalue weighted by atomic mass is 32.1. The molecule has 1 aliphatic heterocycles. The number of H-pyrrole nitrogens is 1. The number of hydrogen-bond donors (Lipinski definition) is 4. The number of aromatic nitrogens is 2. The van der Waals surface area contributed by atoms with E-state index >= 15 is 0 Å². The molecule has 23 heavy (non-hydrogen) atoms. The number of nitrogens with one attached hydrogen (secondary N) is 3. The monoisotopic (exact) mass is 333 g/mol. The molecule has 0 radical (unpaired) electrons. The first-order valence-corrected chi connectivity index (χ1v) is 8.39. The number of nitrogens with two attached hydrogens (primary N) is 1. The number of rotatable bonds is 4. The number of carbonyl (C=O) groups is 2. The maximum absolute atomic E-state index is 12.3. The molecule has 2 aromatic rings. The van der Waals surface area contributed by atoms with Gasteiger partial charge in [-0.05, 0) is 32.4 Å². The van der Waals surface area contributed by atoms with Crippen molar-refractivity contribution in [1.29, 1.82) is 0 Å². The van der Waals surface area contributed by atoms with Gasteiger partial charge in [0.2, 0.25) is 5.91 Å². The van der Waals surface area contributed by atoms with Gasteiger partial charge in [0.05, 0.1) is 5.69 Å². The van der Waals surface area contributed by atoms with E-state index in [1.165, 1.54) is 11.3 Å². The minimum Gasteiger partial charge on any atom is -0.364 e. The topological polar surface area (TPSA) is 113 Å². The zero-order valence-electron chi connectivity index (χ0n) is 12.8. The van der Waals surface area contributed by atoms with E-state index in [1.807, 2.05) is 5.38 Å². The maximum Gasteiger partial charge on any atom is 0.265 e. The van der Waals surface area contributed by atoms with Crippen LogP contribution in [0.2, 0.25) is 0 Å². The Kier molecular flexibility index (Phi) is 4.44. The summed E-state index contributed by atoms with van der Waals surface area (Å²) in [7, 11) is 0. The second-order valence-electron chi connectivity index (χ2n) is 5.77. The molecule has 0 bridgehead atoms. The highest BCUT2D eigenvalue weighted by molar-refractivity contribution is 7.14. The number of nitrogens with zero attached hydrogens (tertiary/aromatic N) is 1. The Labute approximate surface area is 137 Å². The van der Waals surface area contributed by atoms with Crippen molar-refractivity contribution in [3.63, 3.8) is 0 Å². The lowest BCUT2D eigenvalue weighted by Gasteiger charge is -2.26. The molecular formula is C15H19N5O2S. The van der Waals surface area contributed by atoms with Gasteiger partial charge in [0, 0.05) is 29.1 Å². The van der Waals surface area contributed by atoms with E-state index in [2.05, 4.69) is 27.5 Å². The second kappa shape index (κ2) is 6.51. The largest absolute Gasteiger partial charge is 0.364 e. The van der Waals surface area contributed by atoms with Gasteiger partial charge in [-0.3, -0.25) is 9.59 Å². The molecule has 7 nitrogen and oxygen atoms in total. The van der Waals surface area contributed by atoms with Gasteiger partial charge in [-0.1, -0.05) is 0 Å². The number of carbonyl (C=O) groups excluding carboxylic acids is 2. The van der Waals surface area contributed by atoms with Crippen molar-refractivity contribution >= 4 is 28.3 Å². The summed E-state index contributed by atoms with van der Waals surface area (Å²) in [4.78, 5) is 30.6. The Morgan fingerprint density at radius 1 is 1.48 bits per heavy atom. The average molecular weight is 333 g/mol. The Morgan fingerprint density at radius 2 is 2.30 bits per heavy atom. The lowest BCUT2D eigenvalue weighted by Crippen LogP contribution is -2.40. The van der Waals surface area contributed by atoms with Crippen LogP contribution in [0.1, 0.15) is 30.3 Å². The number of anilines is 1. The van der Waals surface area contributed by atoms with Gasteiger partial charge in [-0.15, -0.1) is 11.3 Å². The van der Waals surface area contributed by atoms with Crippen molar-refractivity contribution in [2.45, 2.75) is 25.8 Å². The molecule has 1 aliphatic rings. The first-order chi connectivity index (χ1) is 11.0. The number of amides is 2. The van der Waals surface area contributed by atoms with Crippen LogP contribution in [-0.4, -0.2) is 34.4 Å². The van der Waals surface area contributed by atoms with Crippen LogP contribution < -0.4 is 16.4 Å². The predicted octanol–water partition coefficient (Wildman–Crippen LogP) is 1.56. The summed E-state index contributed by atoms with van der Waals surface area (Å²) in [6.07, 6.45) is 3.35. The summed E-state index contributed by atoms with van der Waals surface area (Å²) >= 11 is 1.37. The molecule has 0 unspecified atom stereocenters. The first-order valence-electron chi connectivity index (χ1n) is 7.51. The molecule has 5 N–H and O–H groups in total. The molecule has 2 atom stereocenters. The van der Waals surface area contributed by atoms with Gasteiger partial charge in [-0.25, -0.2) is 4.98 Å². The van der Waals surface area contributed by atoms with Crippen LogP contribution >= 0.6 is 11.3 Å². The third-order valence-electron chi connectivity index (χ3n) is 3.97. The van der Waals surface area contributed by atoms with Crippen LogP contribution in [0.5, 0.6) is 0 Å². The third-order valence-corrected chi connectivity index (χ3v) is 4.73. The highest BCUT2D eigenvalue weighted by Gasteiger charge is 2.25. The van der Waals surface area contributed by atoms with Crippen LogP contribution in [0.4, 0.5) is 5.13 Å². The average Bonchev–Trinajstić information content (AvgIpc) is 3.15. The van der Waals surface area contributed by atoms with E-state index < -0.39 is 5.91 Å². The van der Waals surface area contributed by atoms with Crippen LogP contribution in [-0.2, 0) is 4.79 Å². The number of aromatic amines is 1. The molecular weight excluding hydrogens is 314 g/mol. The minimum atomic E-state index is -0.514. The zero-order chi connectivity index (χ0) is 16.4. The molecule has 1 saturated heterocycles. The van der Waals surface area contributed by atoms with E-state index in [9.17, 15) is 9.59 Å². The van der Waals surface area contributed by atoms with Gasteiger partial charge in [0.1, 0.15) is 5.69 Å². The number of primary amides is 1. The molecule has 0 aromatic carbocycles. The quantitative estimate of drug-likeness (QED) is 0.680.